The van der Waals surface area contributed by atoms with Gasteiger partial charge in [-0.25, -0.2) is 9.78 Å². The van der Waals surface area contributed by atoms with Crippen molar-refractivity contribution in [2.75, 3.05) is 6.54 Å². The van der Waals surface area contributed by atoms with E-state index in [1.807, 2.05) is 0 Å². The van der Waals surface area contributed by atoms with E-state index in [0.717, 1.165) is 0 Å². The molecule has 176 valence electrons. The Morgan fingerprint density at radius 2 is 1.62 bits per heavy atom. The maximum Gasteiger partial charge on any atom is 0.326 e. The summed E-state index contributed by atoms with van der Waals surface area (Å²) < 4.78 is 0. The van der Waals surface area contributed by atoms with Crippen LogP contribution in [0.15, 0.2) is 12.5 Å². The maximum absolute atomic E-state index is 12.7. The molecule has 0 saturated heterocycles. The van der Waals surface area contributed by atoms with Crippen molar-refractivity contribution in [3.63, 3.8) is 0 Å². The Morgan fingerprint density at radius 1 is 1.00 bits per heavy atom. The van der Waals surface area contributed by atoms with Crippen LogP contribution >= 0.6 is 0 Å². The van der Waals surface area contributed by atoms with Crippen LogP contribution in [0.3, 0.4) is 0 Å². The second-order valence-corrected chi connectivity index (χ2v) is 6.67. The molecule has 1 heterocycles. The molecule has 0 aliphatic heterocycles. The lowest BCUT2D eigenvalue weighted by Crippen LogP contribution is -2.57. The first-order chi connectivity index (χ1) is 15.0. The summed E-state index contributed by atoms with van der Waals surface area (Å²) in [6.45, 7) is -0.415. The topological polar surface area (TPSA) is 260 Å². The van der Waals surface area contributed by atoms with E-state index in [1.165, 1.54) is 12.5 Å². The quantitative estimate of drug-likeness (QED) is 0.135. The van der Waals surface area contributed by atoms with Crippen molar-refractivity contribution in [2.45, 2.75) is 43.8 Å². The van der Waals surface area contributed by atoms with E-state index in [1.54, 1.807) is 0 Å². The summed E-state index contributed by atoms with van der Waals surface area (Å²) in [6.07, 6.45) is 1.05. The number of rotatable bonds is 14. The SMILES string of the molecule is NCC(=O)NC(Cc1cnc[nH]1)C(=O)NC(CC(N)=O)C(=O)NC(CCC(=O)O)C(=O)O. The Morgan fingerprint density at radius 3 is 2.12 bits per heavy atom. The summed E-state index contributed by atoms with van der Waals surface area (Å²) in [4.78, 5) is 76.8. The van der Waals surface area contributed by atoms with Gasteiger partial charge in [0.15, 0.2) is 0 Å². The van der Waals surface area contributed by atoms with Gasteiger partial charge in [0.2, 0.25) is 23.6 Å². The average molecular weight is 455 g/mol. The molecule has 4 amide bonds. The van der Waals surface area contributed by atoms with E-state index in [0.29, 0.717) is 5.69 Å². The molecule has 3 unspecified atom stereocenters. The van der Waals surface area contributed by atoms with Crippen LogP contribution in [0.1, 0.15) is 25.0 Å². The highest BCUT2D eigenvalue weighted by Crippen LogP contribution is 2.04. The molecular formula is C17H25N7O8. The number of primary amides is 1. The second kappa shape index (κ2) is 12.6. The first-order valence-electron chi connectivity index (χ1n) is 9.33. The molecule has 1 aromatic rings. The van der Waals surface area contributed by atoms with E-state index in [9.17, 15) is 33.9 Å². The lowest BCUT2D eigenvalue weighted by molar-refractivity contribution is -0.143. The van der Waals surface area contributed by atoms with Gasteiger partial charge in [0.05, 0.1) is 19.3 Å². The number of nitrogens with two attached hydrogens (primary N) is 2. The number of hydrogen-bond acceptors (Lipinski definition) is 8. The zero-order chi connectivity index (χ0) is 24.3. The Balaban J connectivity index is 2.97. The third-order valence-electron chi connectivity index (χ3n) is 4.12. The van der Waals surface area contributed by atoms with Crippen LogP contribution in [0.2, 0.25) is 0 Å². The number of aliphatic carboxylic acids is 2. The van der Waals surface area contributed by atoms with Gasteiger partial charge in [-0.2, -0.15) is 0 Å². The first kappa shape index (κ1) is 26.0. The minimum absolute atomic E-state index is 0.0567. The van der Waals surface area contributed by atoms with Gasteiger partial charge in [0.1, 0.15) is 18.1 Å². The number of aromatic nitrogens is 2. The van der Waals surface area contributed by atoms with E-state index in [-0.39, 0.29) is 6.42 Å². The van der Waals surface area contributed by atoms with Gasteiger partial charge >= 0.3 is 11.9 Å². The molecule has 0 radical (unpaired) electrons. The Bertz CT molecular complexity index is 842. The van der Waals surface area contributed by atoms with Crippen LogP contribution in [0.5, 0.6) is 0 Å². The average Bonchev–Trinajstić information content (AvgIpc) is 3.22. The van der Waals surface area contributed by atoms with E-state index in [4.69, 9.17) is 16.6 Å². The van der Waals surface area contributed by atoms with Gasteiger partial charge in [-0.15, -0.1) is 0 Å². The molecule has 0 spiro atoms. The Hall–Kier alpha value is -4.01. The number of hydrogen-bond donors (Lipinski definition) is 8. The fraction of sp³-hybridized carbons (Fsp3) is 0.471. The summed E-state index contributed by atoms with van der Waals surface area (Å²) in [5.74, 6) is -6.36. The molecule has 0 aliphatic rings. The molecule has 32 heavy (non-hydrogen) atoms. The minimum Gasteiger partial charge on any atom is -0.481 e. The fourth-order valence-electron chi connectivity index (χ4n) is 2.56. The molecule has 0 aromatic carbocycles. The smallest absolute Gasteiger partial charge is 0.326 e. The number of nitrogens with one attached hydrogen (secondary N) is 4. The number of carbonyl (C=O) groups excluding carboxylic acids is 4. The third kappa shape index (κ3) is 9.21. The molecule has 1 rings (SSSR count). The highest BCUT2D eigenvalue weighted by molar-refractivity contribution is 5.95. The highest BCUT2D eigenvalue weighted by Gasteiger charge is 2.31. The predicted octanol–water partition coefficient (Wildman–Crippen LogP) is -3.81. The van der Waals surface area contributed by atoms with Crippen LogP contribution < -0.4 is 27.4 Å². The van der Waals surface area contributed by atoms with Crippen molar-refractivity contribution in [1.29, 1.82) is 0 Å². The molecule has 0 fully saturated rings. The largest absolute Gasteiger partial charge is 0.481 e. The lowest BCUT2D eigenvalue weighted by Gasteiger charge is -2.23. The highest BCUT2D eigenvalue weighted by atomic mass is 16.4. The lowest BCUT2D eigenvalue weighted by atomic mass is 10.1. The van der Waals surface area contributed by atoms with Gasteiger partial charge in [0, 0.05) is 24.7 Å². The van der Waals surface area contributed by atoms with Crippen molar-refractivity contribution in [2.24, 2.45) is 11.5 Å². The Labute approximate surface area is 181 Å². The number of carbonyl (C=O) groups is 6. The number of nitrogens with zero attached hydrogens (tertiary/aromatic N) is 1. The van der Waals surface area contributed by atoms with E-state index >= 15 is 0 Å². The zero-order valence-corrected chi connectivity index (χ0v) is 16.9. The number of aromatic amines is 1. The molecule has 15 heteroatoms. The van der Waals surface area contributed by atoms with Crippen LogP contribution in [-0.4, -0.2) is 80.4 Å². The fourth-order valence-corrected chi connectivity index (χ4v) is 2.56. The molecular weight excluding hydrogens is 430 g/mol. The second-order valence-electron chi connectivity index (χ2n) is 6.67. The molecule has 1 aromatic heterocycles. The van der Waals surface area contributed by atoms with E-state index in [2.05, 4.69) is 25.9 Å². The van der Waals surface area contributed by atoms with Gasteiger partial charge in [-0.05, 0) is 6.42 Å². The van der Waals surface area contributed by atoms with Gasteiger partial charge < -0.3 is 42.6 Å². The normalized spacial score (nSPS) is 13.3. The van der Waals surface area contributed by atoms with Crippen LogP contribution in [-0.2, 0) is 35.2 Å². The zero-order valence-electron chi connectivity index (χ0n) is 16.9. The maximum atomic E-state index is 12.7. The molecule has 0 bridgehead atoms. The summed E-state index contributed by atoms with van der Waals surface area (Å²) >= 11 is 0. The Kier molecular flexibility index (Phi) is 10.3. The van der Waals surface area contributed by atoms with Gasteiger partial charge in [0.25, 0.3) is 0 Å². The number of H-pyrrole nitrogens is 1. The van der Waals surface area contributed by atoms with E-state index < -0.39 is 79.5 Å². The van der Waals surface area contributed by atoms with Crippen molar-refractivity contribution in [3.8, 4) is 0 Å². The van der Waals surface area contributed by atoms with Crippen LogP contribution in [0, 0.1) is 0 Å². The standard InChI is InChI=1S/C17H25N7O8/c18-5-13(26)22-10(3-8-6-20-7-21-8)15(29)24-11(4-12(19)25)16(30)23-9(17(31)32)1-2-14(27)28/h6-7,9-11H,1-5,18H2,(H2,19,25)(H,20,21)(H,22,26)(H,23,30)(H,24,29)(H,27,28)(H,31,32). The molecule has 0 saturated carbocycles. The van der Waals surface area contributed by atoms with Crippen LogP contribution in [0.4, 0.5) is 0 Å². The number of amides is 4. The van der Waals surface area contributed by atoms with Crippen molar-refractivity contribution in [3.05, 3.63) is 18.2 Å². The molecule has 3 atom stereocenters. The number of imidazole rings is 1. The number of carboxylic acid groups (broad SMARTS) is 2. The molecule has 15 nitrogen and oxygen atoms in total. The summed E-state index contributed by atoms with van der Waals surface area (Å²) in [6, 6.07) is -4.37. The summed E-state index contributed by atoms with van der Waals surface area (Å²) in [7, 11) is 0. The van der Waals surface area contributed by atoms with Crippen molar-refractivity contribution in [1.82, 2.24) is 25.9 Å². The van der Waals surface area contributed by atoms with Gasteiger partial charge in [-0.1, -0.05) is 0 Å². The summed E-state index contributed by atoms with van der Waals surface area (Å²) in [5.41, 5.74) is 10.8. The summed E-state index contributed by atoms with van der Waals surface area (Å²) in [5, 5.41) is 24.6. The van der Waals surface area contributed by atoms with Gasteiger partial charge in [-0.3, -0.25) is 24.0 Å². The van der Waals surface area contributed by atoms with Crippen molar-refractivity contribution >= 4 is 35.6 Å². The third-order valence-corrected chi connectivity index (χ3v) is 4.12. The first-order valence-corrected chi connectivity index (χ1v) is 9.33. The molecule has 0 aliphatic carbocycles. The van der Waals surface area contributed by atoms with Crippen molar-refractivity contribution < 1.29 is 39.0 Å². The van der Waals surface area contributed by atoms with Crippen LogP contribution in [0.25, 0.3) is 0 Å². The minimum atomic E-state index is -1.58. The molecule has 10 N–H and O–H groups in total. The predicted molar refractivity (Wildman–Crippen MR) is 105 cm³/mol. The number of carboxylic acids is 2. The monoisotopic (exact) mass is 455 g/mol.